The van der Waals surface area contributed by atoms with Crippen molar-refractivity contribution in [3.8, 4) is 5.75 Å². The highest BCUT2D eigenvalue weighted by Gasteiger charge is 2.22. The molecular weight excluding hydrogens is 497 g/mol. The van der Waals surface area contributed by atoms with E-state index in [4.69, 9.17) is 27.9 Å². The third kappa shape index (κ3) is 6.59. The van der Waals surface area contributed by atoms with Crippen LogP contribution in [0.25, 0.3) is 10.9 Å². The first kappa shape index (κ1) is 25.6. The summed E-state index contributed by atoms with van der Waals surface area (Å²) in [6.45, 7) is 0.374. The number of para-hydroxylation sites is 1. The van der Waals surface area contributed by atoms with Crippen molar-refractivity contribution in [3.63, 3.8) is 0 Å². The fourth-order valence-corrected chi connectivity index (χ4v) is 4.57. The summed E-state index contributed by atoms with van der Waals surface area (Å²) in [5.41, 5.74) is 3.65. The SMILES string of the molecule is COc1ccc(CC(=O)NC(Cc2c[nH]c3ccccc23)C(=O)NCCc2ccc(Cl)cc2Cl)cc1. The number of amides is 2. The molecule has 1 heterocycles. The van der Waals surface area contributed by atoms with Gasteiger partial charge in [-0.3, -0.25) is 9.59 Å². The van der Waals surface area contributed by atoms with Crippen LogP contribution in [0.15, 0.2) is 72.9 Å². The van der Waals surface area contributed by atoms with Crippen molar-refractivity contribution in [2.45, 2.75) is 25.3 Å². The maximum Gasteiger partial charge on any atom is 0.242 e. The number of aromatic nitrogens is 1. The van der Waals surface area contributed by atoms with E-state index in [-0.39, 0.29) is 18.2 Å². The third-order valence-corrected chi connectivity index (χ3v) is 6.57. The molecule has 0 saturated carbocycles. The summed E-state index contributed by atoms with van der Waals surface area (Å²) in [6, 6.07) is 19.7. The molecule has 0 saturated heterocycles. The lowest BCUT2D eigenvalue weighted by atomic mass is 10.0. The lowest BCUT2D eigenvalue weighted by Crippen LogP contribution is -2.48. The van der Waals surface area contributed by atoms with Crippen molar-refractivity contribution in [2.24, 2.45) is 0 Å². The molecule has 1 atom stereocenters. The van der Waals surface area contributed by atoms with Gasteiger partial charge in [0.2, 0.25) is 11.8 Å². The fraction of sp³-hybridized carbons (Fsp3) is 0.214. The number of fused-ring (bicyclic) bond motifs is 1. The van der Waals surface area contributed by atoms with Crippen molar-refractivity contribution < 1.29 is 14.3 Å². The minimum atomic E-state index is -0.740. The average Bonchev–Trinajstić information content (AvgIpc) is 3.28. The summed E-state index contributed by atoms with van der Waals surface area (Å²) in [4.78, 5) is 29.3. The second-order valence-corrected chi connectivity index (χ2v) is 9.33. The van der Waals surface area contributed by atoms with Gasteiger partial charge in [0.15, 0.2) is 0 Å². The molecule has 0 aliphatic rings. The molecule has 3 N–H and O–H groups in total. The van der Waals surface area contributed by atoms with E-state index in [0.717, 1.165) is 33.3 Å². The van der Waals surface area contributed by atoms with Crippen LogP contribution in [0.5, 0.6) is 5.75 Å². The smallest absolute Gasteiger partial charge is 0.242 e. The van der Waals surface area contributed by atoms with Crippen molar-refractivity contribution >= 4 is 45.9 Å². The molecule has 8 heteroatoms. The van der Waals surface area contributed by atoms with E-state index in [2.05, 4.69) is 15.6 Å². The summed E-state index contributed by atoms with van der Waals surface area (Å²) in [6.07, 6.45) is 2.93. The number of carbonyl (C=O) groups is 2. The zero-order chi connectivity index (χ0) is 25.5. The summed E-state index contributed by atoms with van der Waals surface area (Å²) in [7, 11) is 1.59. The normalized spacial score (nSPS) is 11.8. The fourth-order valence-electron chi connectivity index (χ4n) is 4.07. The molecule has 0 aliphatic heterocycles. The van der Waals surface area contributed by atoms with Crippen LogP contribution in [0.4, 0.5) is 0 Å². The Bertz CT molecular complexity index is 1350. The molecule has 36 heavy (non-hydrogen) atoms. The monoisotopic (exact) mass is 523 g/mol. The van der Waals surface area contributed by atoms with Gasteiger partial charge < -0.3 is 20.4 Å². The lowest BCUT2D eigenvalue weighted by Gasteiger charge is -2.19. The Balaban J connectivity index is 1.45. The Morgan fingerprint density at radius 2 is 1.78 bits per heavy atom. The quantitative estimate of drug-likeness (QED) is 0.270. The Morgan fingerprint density at radius 1 is 1.00 bits per heavy atom. The van der Waals surface area contributed by atoms with Crippen LogP contribution < -0.4 is 15.4 Å². The number of halogens is 2. The minimum absolute atomic E-state index is 0.155. The number of ether oxygens (including phenoxy) is 1. The molecule has 0 fully saturated rings. The summed E-state index contributed by atoms with van der Waals surface area (Å²) in [5, 5.41) is 8.01. The van der Waals surface area contributed by atoms with Gasteiger partial charge in [-0.15, -0.1) is 0 Å². The molecule has 4 aromatic rings. The van der Waals surface area contributed by atoms with Gasteiger partial charge in [-0.2, -0.15) is 0 Å². The highest BCUT2D eigenvalue weighted by molar-refractivity contribution is 6.35. The molecule has 1 unspecified atom stereocenters. The average molecular weight is 524 g/mol. The highest BCUT2D eigenvalue weighted by Crippen LogP contribution is 2.22. The van der Waals surface area contributed by atoms with Crippen LogP contribution >= 0.6 is 23.2 Å². The Labute approximate surface area is 219 Å². The van der Waals surface area contributed by atoms with E-state index in [1.807, 2.05) is 48.7 Å². The van der Waals surface area contributed by atoms with Crippen molar-refractivity contribution in [1.29, 1.82) is 0 Å². The van der Waals surface area contributed by atoms with Gasteiger partial charge in [-0.1, -0.05) is 59.6 Å². The second-order valence-electron chi connectivity index (χ2n) is 8.49. The van der Waals surface area contributed by atoms with Crippen LogP contribution in [0, 0.1) is 0 Å². The van der Waals surface area contributed by atoms with Gasteiger partial charge in [-0.05, 0) is 53.4 Å². The molecule has 0 spiro atoms. The molecule has 6 nitrogen and oxygen atoms in total. The van der Waals surface area contributed by atoms with Gasteiger partial charge in [-0.25, -0.2) is 0 Å². The van der Waals surface area contributed by atoms with E-state index in [1.54, 1.807) is 31.4 Å². The Hall–Kier alpha value is -3.48. The van der Waals surface area contributed by atoms with Crippen LogP contribution in [-0.4, -0.2) is 36.5 Å². The summed E-state index contributed by atoms with van der Waals surface area (Å²) < 4.78 is 5.18. The first-order chi connectivity index (χ1) is 17.4. The van der Waals surface area contributed by atoms with E-state index in [1.165, 1.54) is 0 Å². The molecular formula is C28H27Cl2N3O3. The number of hydrogen-bond donors (Lipinski definition) is 3. The molecule has 186 valence electrons. The molecule has 3 aromatic carbocycles. The largest absolute Gasteiger partial charge is 0.497 e. The molecule has 0 radical (unpaired) electrons. The van der Waals surface area contributed by atoms with Crippen molar-refractivity contribution in [1.82, 2.24) is 15.6 Å². The zero-order valence-electron chi connectivity index (χ0n) is 19.8. The van der Waals surface area contributed by atoms with Gasteiger partial charge >= 0.3 is 0 Å². The van der Waals surface area contributed by atoms with Crippen molar-refractivity contribution in [2.75, 3.05) is 13.7 Å². The van der Waals surface area contributed by atoms with E-state index >= 15 is 0 Å². The van der Waals surface area contributed by atoms with Crippen LogP contribution in [-0.2, 0) is 28.9 Å². The first-order valence-electron chi connectivity index (χ1n) is 11.6. The number of methoxy groups -OCH3 is 1. The topological polar surface area (TPSA) is 83.2 Å². The van der Waals surface area contributed by atoms with Crippen molar-refractivity contribution in [3.05, 3.63) is 99.7 Å². The Kier molecular flexibility index (Phi) is 8.52. The maximum atomic E-state index is 13.2. The first-order valence-corrected chi connectivity index (χ1v) is 12.4. The van der Waals surface area contributed by atoms with Crippen LogP contribution in [0.2, 0.25) is 10.0 Å². The second kappa shape index (κ2) is 12.0. The van der Waals surface area contributed by atoms with E-state index in [0.29, 0.717) is 29.4 Å². The molecule has 0 bridgehead atoms. The van der Waals surface area contributed by atoms with Gasteiger partial charge in [0, 0.05) is 40.1 Å². The van der Waals surface area contributed by atoms with Crippen LogP contribution in [0.1, 0.15) is 16.7 Å². The molecule has 0 aliphatic carbocycles. The number of carbonyl (C=O) groups excluding carboxylic acids is 2. The number of rotatable bonds is 10. The number of hydrogen-bond acceptors (Lipinski definition) is 3. The molecule has 1 aromatic heterocycles. The third-order valence-electron chi connectivity index (χ3n) is 5.98. The predicted octanol–water partition coefficient (Wildman–Crippen LogP) is 5.11. The van der Waals surface area contributed by atoms with Crippen LogP contribution in [0.3, 0.4) is 0 Å². The number of H-pyrrole nitrogens is 1. The van der Waals surface area contributed by atoms with Gasteiger partial charge in [0.25, 0.3) is 0 Å². The zero-order valence-corrected chi connectivity index (χ0v) is 21.3. The standard InChI is InChI=1S/C28H27Cl2N3O3/c1-36-22-10-6-18(7-11-22)14-27(34)33-26(15-20-17-32-25-5-3-2-4-23(20)25)28(35)31-13-12-19-8-9-21(29)16-24(19)30/h2-11,16-17,26,32H,12-15H2,1H3,(H,31,35)(H,33,34). The lowest BCUT2D eigenvalue weighted by molar-refractivity contribution is -0.128. The van der Waals surface area contributed by atoms with Gasteiger partial charge in [0.1, 0.15) is 11.8 Å². The van der Waals surface area contributed by atoms with E-state index < -0.39 is 6.04 Å². The molecule has 2 amide bonds. The number of aromatic amines is 1. The number of benzene rings is 3. The molecule has 4 rings (SSSR count). The minimum Gasteiger partial charge on any atom is -0.497 e. The predicted molar refractivity (Wildman–Crippen MR) is 144 cm³/mol. The number of nitrogens with one attached hydrogen (secondary N) is 3. The van der Waals surface area contributed by atoms with Gasteiger partial charge in [0.05, 0.1) is 13.5 Å². The maximum absolute atomic E-state index is 13.2. The van der Waals surface area contributed by atoms with E-state index in [9.17, 15) is 9.59 Å². The highest BCUT2D eigenvalue weighted by atomic mass is 35.5. The Morgan fingerprint density at radius 3 is 2.53 bits per heavy atom. The summed E-state index contributed by atoms with van der Waals surface area (Å²) >= 11 is 12.2. The summed E-state index contributed by atoms with van der Waals surface area (Å²) in [5.74, 6) is 0.228.